The van der Waals surface area contributed by atoms with E-state index in [2.05, 4.69) is 136 Å². The van der Waals surface area contributed by atoms with Crippen LogP contribution in [0.15, 0.2) is 226 Å². The minimum Gasteiger partial charge on any atom is -0.870 e. The highest BCUT2D eigenvalue weighted by atomic mass is 35.5. The van der Waals surface area contributed by atoms with E-state index in [-0.39, 0.29) is 73.4 Å². The second kappa shape index (κ2) is 54.5. The Balaban J connectivity index is 0.000000236. The molecule has 17 rings (SSSR count). The Morgan fingerprint density at radius 1 is 0.641 bits per heavy atom. The number of hydrogen-bond acceptors (Lipinski definition) is 25. The number of aromatic nitrogens is 5. The fourth-order valence-corrected chi connectivity index (χ4v) is 20.2. The first-order chi connectivity index (χ1) is 68.1. The molecule has 5 aromatic heterocycles. The number of carbonyl (C=O) groups is 2. The summed E-state index contributed by atoms with van der Waals surface area (Å²) in [6.07, 6.45) is 25.0. The molecular weight excluding hydrogens is 1950 g/mol. The molecule has 11 aromatic rings. The molecule has 0 unspecified atom stereocenters. The Hall–Kier alpha value is -11.9. The Kier molecular flexibility index (Phi) is 43.2. The number of aryl methyl sites for hydroxylation is 2. The van der Waals surface area contributed by atoms with Gasteiger partial charge in [0.1, 0.15) is 17.1 Å². The Bertz CT molecular complexity index is 6530. The molecule has 32 nitrogen and oxygen atoms in total. The number of nitrogens with one attached hydrogen (secondary N) is 4. The van der Waals surface area contributed by atoms with Gasteiger partial charge in [0.15, 0.2) is 0 Å². The molecule has 0 saturated carbocycles. The molecule has 4 aliphatic heterocycles. The minimum absolute atomic E-state index is 0. The Morgan fingerprint density at radius 2 is 1.11 bits per heavy atom. The minimum atomic E-state index is -4.38. The number of H-pyrrole nitrogens is 2. The topological polar surface area (TPSA) is 416 Å². The van der Waals surface area contributed by atoms with Crippen molar-refractivity contribution in [1.82, 2.24) is 44.3 Å². The van der Waals surface area contributed by atoms with Gasteiger partial charge in [0.25, 0.3) is 27.3 Å². The van der Waals surface area contributed by atoms with Gasteiger partial charge in [-0.2, -0.15) is 0 Å². The summed E-state index contributed by atoms with van der Waals surface area (Å²) in [5, 5.41) is 31.1. The number of hydrogen-bond donors (Lipinski definition) is 6. The van der Waals surface area contributed by atoms with Crippen molar-refractivity contribution in [1.29, 1.82) is 0 Å². The highest BCUT2D eigenvalue weighted by Gasteiger charge is 2.34. The maximum absolute atomic E-state index is 13.9. The lowest BCUT2D eigenvalue weighted by molar-refractivity contribution is -0.385. The van der Waals surface area contributed by atoms with E-state index in [1.54, 1.807) is 61.3 Å². The molecule has 145 heavy (non-hydrogen) atoms. The number of nitrogens with zero attached hydrogens (tertiary/aromatic N) is 12. The molecule has 2 aliphatic carbocycles. The van der Waals surface area contributed by atoms with Gasteiger partial charge in [-0.1, -0.05) is 98.4 Å². The summed E-state index contributed by atoms with van der Waals surface area (Å²) in [7, 11) is -0.173. The summed E-state index contributed by atoms with van der Waals surface area (Å²) < 4.78 is 75.1. The fraction of sp³-hybridized carbons (Fsp3) is 0.421. The number of anilines is 3. The van der Waals surface area contributed by atoms with Gasteiger partial charge in [0.05, 0.1) is 56.3 Å². The highest BCUT2D eigenvalue weighted by molar-refractivity contribution is 7.90. The summed E-state index contributed by atoms with van der Waals surface area (Å²) in [6, 6.07) is 49.2. The van der Waals surface area contributed by atoms with E-state index in [4.69, 9.17) is 47.3 Å². The number of allylic oxidation sites excluding steroid dienone is 2. The van der Waals surface area contributed by atoms with E-state index in [9.17, 15) is 46.6 Å². The number of benzene rings is 6. The van der Waals surface area contributed by atoms with E-state index >= 15 is 0 Å². The normalized spacial score (nSPS) is 16.1. The predicted octanol–water partition coefficient (Wildman–Crippen LogP) is 19.8. The molecule has 6 aromatic carbocycles. The summed E-state index contributed by atoms with van der Waals surface area (Å²) in [5.74, 6) is 0.160. The molecule has 4 fully saturated rings. The van der Waals surface area contributed by atoms with Crippen molar-refractivity contribution in [3.8, 4) is 23.3 Å². The molecule has 0 spiro atoms. The van der Waals surface area contributed by atoms with Crippen molar-refractivity contribution < 1.29 is 72.2 Å². The molecule has 1 amide bonds. The van der Waals surface area contributed by atoms with Crippen molar-refractivity contribution in [2.24, 2.45) is 37.8 Å². The first kappa shape index (κ1) is 115. The molecule has 780 valence electrons. The van der Waals surface area contributed by atoms with Gasteiger partial charge in [-0.05, 0) is 254 Å². The van der Waals surface area contributed by atoms with Gasteiger partial charge < -0.3 is 59.1 Å². The van der Waals surface area contributed by atoms with Crippen molar-refractivity contribution in [2.75, 3.05) is 154 Å². The number of aliphatic imine (C=N–C) groups is 2. The number of fused-ring (bicyclic) bond motifs is 2. The number of rotatable bonds is 31. The highest BCUT2D eigenvalue weighted by Crippen LogP contribution is 2.46. The van der Waals surface area contributed by atoms with Crippen LogP contribution in [0.25, 0.3) is 33.0 Å². The fourth-order valence-electron chi connectivity index (χ4n) is 18.4. The van der Waals surface area contributed by atoms with Crippen molar-refractivity contribution in [3.05, 3.63) is 265 Å². The summed E-state index contributed by atoms with van der Waals surface area (Å²) in [4.78, 5) is 88.5. The largest absolute Gasteiger partial charge is 0.870 e. The number of sulfonamides is 2. The summed E-state index contributed by atoms with van der Waals surface area (Å²) in [5.41, 5.74) is 15.1. The molecule has 9 heterocycles. The zero-order valence-corrected chi connectivity index (χ0v) is 87.8. The number of aromatic amines is 2. The smallest absolute Gasteiger partial charge is 0.339 e. The number of nitro groups is 1. The standard InChI is InChI=1S/C46H51ClN6O6S.C33H35ClN4O3.C13H18N2O5S.C8H17N3.C7H10N2.ClH.FH.H2O.H2/c1-46(2)17-13-35(40(28-46)32-5-8-36(47)9-6-32)30-52-19-21-53(22-20-52)37-10-12-39(43(26-37)59-44-25-34-14-18-48-42(34)29-49-44)45(54)51-60(56,57)38-11-7-33(41(27-38)50-55)4-3-31-15-23-58-24-16-31;1-33(2)11-9-24(28(19-33)22-3-5-25(34)6-4-22)21-37-13-15-38(16-14-37)26-7-8-27(32(39)40)30(18-26)41-31-17-23-10-12-35-29(23)20-36-31;14-21(18,19)12-4-3-11(13(9-12)15(16)17)2-1-10-5-7-20-8-6-10;1-4-9-8-10-6-5-7-11(2)3;1-9(2)7-3-5-8-6-4-7;;;;/h5-12,14,18,25-27,29,31,48H,3-4,13,15-17,19-24,28,30H2,1-2H3,(H,51,54);3-8,10,12,17-18,20,35H,9,11,13-16,19,21H2,1-2H3,(H,39,40);3-4,9-10H,1-2,5-8H2,(H2,14,18,19);4-7H2,1-3H3;3-6H,1-2H3;2*1H;1H2;1H. The van der Waals surface area contributed by atoms with E-state index in [0.717, 1.165) is 243 Å². The number of nitroso groups, excluding NO2 is 1. The average molecular weight is 2090 g/mol. The van der Waals surface area contributed by atoms with Crippen LogP contribution >= 0.6 is 35.6 Å². The first-order valence-electron chi connectivity index (χ1n) is 48.6. The van der Waals surface area contributed by atoms with Gasteiger partial charge in [-0.15, -0.1) is 12.4 Å². The zero-order chi connectivity index (χ0) is 101. The van der Waals surface area contributed by atoms with E-state index in [1.807, 2.05) is 110 Å². The lowest BCUT2D eigenvalue weighted by Crippen LogP contribution is -2.56. The zero-order valence-electron chi connectivity index (χ0n) is 83.8. The lowest BCUT2D eigenvalue weighted by atomic mass is 9.72. The van der Waals surface area contributed by atoms with Crippen LogP contribution in [-0.4, -0.2) is 230 Å². The van der Waals surface area contributed by atoms with E-state index in [1.165, 1.54) is 69.8 Å². The average Bonchev–Trinajstić information content (AvgIpc) is 0.815. The number of carbonyl (C=O) groups excluding carboxylic acids is 1. The number of piperazine rings is 2. The number of carboxylic acid groups (broad SMARTS) is 1. The van der Waals surface area contributed by atoms with Crippen LogP contribution in [0.5, 0.6) is 23.3 Å². The number of amides is 1. The third kappa shape index (κ3) is 33.8. The van der Waals surface area contributed by atoms with Crippen molar-refractivity contribution >= 4 is 135 Å². The second-order valence-corrected chi connectivity index (χ2v) is 42.9. The third-order valence-corrected chi connectivity index (χ3v) is 29.5. The number of primary sulfonamides is 1. The van der Waals surface area contributed by atoms with Crippen LogP contribution in [0, 0.1) is 37.7 Å². The molecule has 38 heteroatoms. The molecule has 8 N–H and O–H groups in total. The van der Waals surface area contributed by atoms with Gasteiger partial charge in [0.2, 0.25) is 21.8 Å². The molecular formula is C107H137Cl3FN17O15S2. The quantitative estimate of drug-likeness (QED) is 0.0102. The monoisotopic (exact) mass is 2090 g/mol. The number of aromatic carboxylic acids is 1. The maximum atomic E-state index is 13.9. The molecule has 4 saturated heterocycles. The third-order valence-electron chi connectivity index (χ3n) is 26.7. The number of halogens is 4. The number of ether oxygens (including phenoxy) is 4. The van der Waals surface area contributed by atoms with Crippen molar-refractivity contribution in [2.45, 2.75) is 141 Å². The van der Waals surface area contributed by atoms with Crippen molar-refractivity contribution in [3.63, 3.8) is 0 Å². The Morgan fingerprint density at radius 3 is 1.56 bits per heavy atom. The summed E-state index contributed by atoms with van der Waals surface area (Å²) >= 11 is 12.4. The number of carboxylic acids is 1. The van der Waals surface area contributed by atoms with Crippen LogP contribution in [0.3, 0.4) is 0 Å². The number of nitrogens with two attached hydrogens (primary N) is 1. The lowest BCUT2D eigenvalue weighted by Gasteiger charge is -2.39. The number of pyridine rings is 3. The van der Waals surface area contributed by atoms with Crippen LogP contribution in [-0.2, 0) is 42.4 Å². The summed E-state index contributed by atoms with van der Waals surface area (Å²) in [6.45, 7) is 25.7. The SMILES string of the molecule is CC1(C)CCC(CN2CCN(c3ccc(C(=O)NS(=O)(=O)c4ccc(CCC5CCOCC5)c([NH+]=O)c4)c(Oc4cc5cc[nH]c5cn4)c3)CC2)=C(c2ccc(Cl)cc2)C1.CC1(C)CCC(CN2CCN(c3ccc(C(=O)O)c(Oc4cc5cc[nH]c5cn4)c3)CC2)=C(c2ccc(Cl)cc2)C1.CCN=C=NCCCN(C)C.CN(C)c1ccncc1.Cl.F.NS(=O)(=O)c1ccc(CCC2CCOCC2)c([N+](=O)[O-])c1.[HH].[OH-]. The molecule has 0 bridgehead atoms. The van der Waals surface area contributed by atoms with Crippen LogP contribution in [0.4, 0.5) is 33.1 Å². The predicted molar refractivity (Wildman–Crippen MR) is 576 cm³/mol. The van der Waals surface area contributed by atoms with E-state index < -0.39 is 36.8 Å². The van der Waals surface area contributed by atoms with Crippen LogP contribution in [0.2, 0.25) is 10.0 Å². The maximum Gasteiger partial charge on any atom is 0.339 e. The molecule has 0 radical (unpaired) electrons. The van der Waals surface area contributed by atoms with Gasteiger partial charge in [-0.3, -0.25) is 34.4 Å². The molecule has 6 aliphatic rings. The second-order valence-electron chi connectivity index (χ2n) is 38.8. The molecule has 0 atom stereocenters. The van der Waals surface area contributed by atoms with Gasteiger partial charge >= 0.3 is 5.97 Å². The first-order valence-corrected chi connectivity index (χ1v) is 52.4. The van der Waals surface area contributed by atoms with Gasteiger partial charge in [0, 0.05) is 234 Å². The Labute approximate surface area is 866 Å². The van der Waals surface area contributed by atoms with Crippen LogP contribution < -0.4 is 39.2 Å². The number of nitro benzene ring substituents is 1. The van der Waals surface area contributed by atoms with E-state index in [0.29, 0.717) is 47.3 Å². The van der Waals surface area contributed by atoms with Gasteiger partial charge in [-0.25, -0.2) is 51.4 Å². The van der Waals surface area contributed by atoms with Crippen LogP contribution in [0.1, 0.15) is 162 Å².